The van der Waals surface area contributed by atoms with Crippen molar-refractivity contribution in [1.29, 1.82) is 0 Å². The van der Waals surface area contributed by atoms with Gasteiger partial charge in [-0.1, -0.05) is 66.7 Å². The number of rotatable bonds is 2. The molecule has 0 fully saturated rings. The number of hydrogen-bond acceptors (Lipinski definition) is 2. The zero-order chi connectivity index (χ0) is 22.9. The van der Waals surface area contributed by atoms with E-state index in [1.165, 1.54) is 68.2 Å². The van der Waals surface area contributed by atoms with Crippen molar-refractivity contribution in [2.45, 2.75) is 0 Å². The molecular formula is C32H19NS2. The third-order valence-electron chi connectivity index (χ3n) is 7.01. The van der Waals surface area contributed by atoms with Gasteiger partial charge in [0.15, 0.2) is 0 Å². The minimum absolute atomic E-state index is 1.21. The van der Waals surface area contributed by atoms with Crippen LogP contribution in [0.1, 0.15) is 0 Å². The highest BCUT2D eigenvalue weighted by Gasteiger charge is 2.18. The molecule has 8 aromatic rings. The Kier molecular flexibility index (Phi) is 4.04. The highest BCUT2D eigenvalue weighted by molar-refractivity contribution is 7.26. The second-order valence-corrected chi connectivity index (χ2v) is 11.1. The molecule has 0 aliphatic carbocycles. The van der Waals surface area contributed by atoms with E-state index in [-0.39, 0.29) is 0 Å². The fraction of sp³-hybridized carbons (Fsp3) is 0. The van der Waals surface area contributed by atoms with Crippen molar-refractivity contribution < 1.29 is 0 Å². The molecule has 1 nitrogen and oxygen atoms in total. The number of aromatic nitrogens is 1. The zero-order valence-corrected chi connectivity index (χ0v) is 20.4. The molecule has 35 heavy (non-hydrogen) atoms. The Balaban J connectivity index is 1.44. The van der Waals surface area contributed by atoms with Gasteiger partial charge in [0, 0.05) is 46.7 Å². The van der Waals surface area contributed by atoms with E-state index < -0.39 is 0 Å². The third-order valence-corrected chi connectivity index (χ3v) is 9.32. The molecule has 0 N–H and O–H groups in total. The van der Waals surface area contributed by atoms with Gasteiger partial charge in [0.2, 0.25) is 0 Å². The molecule has 0 aliphatic heterocycles. The lowest BCUT2D eigenvalue weighted by atomic mass is 10.0. The molecule has 0 aliphatic rings. The van der Waals surface area contributed by atoms with E-state index in [4.69, 9.17) is 0 Å². The average molecular weight is 482 g/mol. The van der Waals surface area contributed by atoms with E-state index in [2.05, 4.69) is 120 Å². The first-order valence-corrected chi connectivity index (χ1v) is 13.4. The van der Waals surface area contributed by atoms with E-state index in [0.717, 1.165) is 0 Å². The summed E-state index contributed by atoms with van der Waals surface area (Å²) in [5, 5.41) is 6.69. The summed E-state index contributed by atoms with van der Waals surface area (Å²) < 4.78 is 6.45. The quantitative estimate of drug-likeness (QED) is 0.231. The lowest BCUT2D eigenvalue weighted by Crippen LogP contribution is -1.91. The Morgan fingerprint density at radius 2 is 1.09 bits per heavy atom. The molecular weight excluding hydrogens is 462 g/mol. The minimum atomic E-state index is 1.21. The van der Waals surface area contributed by atoms with Crippen LogP contribution in [0.15, 0.2) is 115 Å². The van der Waals surface area contributed by atoms with E-state index in [9.17, 15) is 0 Å². The van der Waals surface area contributed by atoms with E-state index in [1.54, 1.807) is 0 Å². The molecule has 0 spiro atoms. The summed E-state index contributed by atoms with van der Waals surface area (Å²) in [6.07, 6.45) is 0. The average Bonchev–Trinajstić information content (AvgIpc) is 3.57. The number of thiophene rings is 2. The molecule has 164 valence electrons. The first-order valence-electron chi connectivity index (χ1n) is 11.8. The number of hydrogen-bond donors (Lipinski definition) is 0. The van der Waals surface area contributed by atoms with E-state index in [0.29, 0.717) is 0 Å². The molecule has 3 heterocycles. The molecule has 3 heteroatoms. The summed E-state index contributed by atoms with van der Waals surface area (Å²) >= 11 is 3.75. The molecule has 0 radical (unpaired) electrons. The number of nitrogens with zero attached hydrogens (tertiary/aromatic N) is 1. The fourth-order valence-electron chi connectivity index (χ4n) is 5.41. The van der Waals surface area contributed by atoms with Crippen molar-refractivity contribution >= 4 is 74.1 Å². The van der Waals surface area contributed by atoms with Crippen LogP contribution in [0, 0.1) is 0 Å². The topological polar surface area (TPSA) is 4.93 Å². The van der Waals surface area contributed by atoms with Crippen LogP contribution in [-0.4, -0.2) is 4.57 Å². The van der Waals surface area contributed by atoms with Gasteiger partial charge in [-0.2, -0.15) is 0 Å². The minimum Gasteiger partial charge on any atom is -0.301 e. The van der Waals surface area contributed by atoms with Crippen molar-refractivity contribution in [2.24, 2.45) is 0 Å². The Labute approximate surface area is 210 Å². The number of fused-ring (bicyclic) bond motifs is 8. The van der Waals surface area contributed by atoms with Crippen LogP contribution in [-0.2, 0) is 0 Å². The monoisotopic (exact) mass is 481 g/mol. The van der Waals surface area contributed by atoms with Crippen molar-refractivity contribution in [3.63, 3.8) is 0 Å². The summed E-state index contributed by atoms with van der Waals surface area (Å²) in [7, 11) is 0. The van der Waals surface area contributed by atoms with Crippen molar-refractivity contribution in [3.05, 3.63) is 115 Å². The molecule has 3 aromatic heterocycles. The summed E-state index contributed by atoms with van der Waals surface area (Å²) in [5.74, 6) is 0. The molecule has 0 unspecified atom stereocenters. The van der Waals surface area contributed by atoms with Crippen LogP contribution < -0.4 is 0 Å². The van der Waals surface area contributed by atoms with Crippen LogP contribution in [0.4, 0.5) is 0 Å². The Morgan fingerprint density at radius 3 is 1.91 bits per heavy atom. The van der Waals surface area contributed by atoms with Gasteiger partial charge in [-0.05, 0) is 59.7 Å². The first kappa shape index (κ1) is 19.4. The van der Waals surface area contributed by atoms with Crippen LogP contribution in [0.2, 0.25) is 0 Å². The van der Waals surface area contributed by atoms with E-state index >= 15 is 0 Å². The fourth-order valence-corrected chi connectivity index (χ4v) is 7.75. The van der Waals surface area contributed by atoms with Crippen LogP contribution in [0.3, 0.4) is 0 Å². The summed E-state index contributed by atoms with van der Waals surface area (Å²) in [6.45, 7) is 0. The van der Waals surface area contributed by atoms with Crippen molar-refractivity contribution in [1.82, 2.24) is 4.57 Å². The maximum Gasteiger partial charge on any atom is 0.109 e. The number of para-hydroxylation sites is 1. The first-order chi connectivity index (χ1) is 17.3. The van der Waals surface area contributed by atoms with Gasteiger partial charge in [-0.25, -0.2) is 0 Å². The maximum absolute atomic E-state index is 2.43. The lowest BCUT2D eigenvalue weighted by molar-refractivity contribution is 1.19. The molecule has 0 atom stereocenters. The Bertz CT molecular complexity index is 2050. The highest BCUT2D eigenvalue weighted by Crippen LogP contribution is 2.44. The highest BCUT2D eigenvalue weighted by atomic mass is 32.1. The molecule has 0 saturated carbocycles. The summed E-state index contributed by atoms with van der Waals surface area (Å²) in [5.41, 5.74) is 4.99. The molecule has 5 aromatic carbocycles. The van der Waals surface area contributed by atoms with Crippen LogP contribution in [0.5, 0.6) is 0 Å². The zero-order valence-electron chi connectivity index (χ0n) is 18.7. The van der Waals surface area contributed by atoms with Gasteiger partial charge in [0.1, 0.15) is 4.83 Å². The molecule has 0 bridgehead atoms. The molecule has 0 amide bonds. The van der Waals surface area contributed by atoms with Gasteiger partial charge in [0.25, 0.3) is 0 Å². The predicted octanol–water partition coefficient (Wildman–Crippen LogP) is 10.0. The third kappa shape index (κ3) is 2.80. The molecule has 8 rings (SSSR count). The maximum atomic E-state index is 2.43. The standard InChI is InChI=1S/C32H19NS2/c1-2-8-22(9-3-1)33-27-16-14-20(19-26(27)31-24-11-5-7-13-29(24)35-32(31)33)21-15-17-30-25(18-21)23-10-4-6-12-28(23)34-30/h1-19H. The normalized spacial score (nSPS) is 12.0. The van der Waals surface area contributed by atoms with Gasteiger partial charge in [-0.15, -0.1) is 22.7 Å². The van der Waals surface area contributed by atoms with Crippen LogP contribution in [0.25, 0.3) is 68.2 Å². The summed E-state index contributed by atoms with van der Waals surface area (Å²) in [4.78, 5) is 1.31. The predicted molar refractivity (Wildman–Crippen MR) is 154 cm³/mol. The lowest BCUT2D eigenvalue weighted by Gasteiger charge is -2.08. The van der Waals surface area contributed by atoms with Gasteiger partial charge in [-0.3, -0.25) is 0 Å². The second kappa shape index (κ2) is 7.29. The van der Waals surface area contributed by atoms with E-state index in [1.807, 2.05) is 22.7 Å². The SMILES string of the molecule is c1ccc(-n2c3ccc(-c4ccc5sc6ccccc6c5c4)cc3c3c4ccccc4sc32)cc1. The number of benzene rings is 5. The smallest absolute Gasteiger partial charge is 0.109 e. The van der Waals surface area contributed by atoms with Crippen molar-refractivity contribution in [2.75, 3.05) is 0 Å². The van der Waals surface area contributed by atoms with Gasteiger partial charge in [0.05, 0.1) is 5.52 Å². The second-order valence-electron chi connectivity index (χ2n) is 8.99. The van der Waals surface area contributed by atoms with Gasteiger partial charge >= 0.3 is 0 Å². The molecule has 0 saturated heterocycles. The van der Waals surface area contributed by atoms with Gasteiger partial charge < -0.3 is 4.57 Å². The van der Waals surface area contributed by atoms with Crippen LogP contribution >= 0.6 is 22.7 Å². The Hall–Kier alpha value is -3.92. The Morgan fingerprint density at radius 1 is 0.457 bits per heavy atom. The van der Waals surface area contributed by atoms with Crippen molar-refractivity contribution in [3.8, 4) is 16.8 Å². The summed E-state index contributed by atoms with van der Waals surface area (Å²) in [6, 6.07) is 42.1. The largest absolute Gasteiger partial charge is 0.301 e.